The van der Waals surface area contributed by atoms with Gasteiger partial charge < -0.3 is 29.8 Å². The second kappa shape index (κ2) is 15.9. The van der Waals surface area contributed by atoms with Crippen molar-refractivity contribution in [2.75, 3.05) is 13.1 Å². The lowest BCUT2D eigenvalue weighted by Crippen LogP contribution is -2.52. The van der Waals surface area contributed by atoms with Gasteiger partial charge in [0.1, 0.15) is 34.7 Å². The van der Waals surface area contributed by atoms with E-state index in [0.717, 1.165) is 49.2 Å². The molecule has 4 atom stereocenters. The SMILES string of the molecule is CC(C)[C@@H](C)C(=O)N1CCC[C@H]1c1ncc(C#Cc2ccc(C#Cc3cnc([C@@H]4CCCN4C(=O)[C@H](NC(=O)OC(C)(C)C)C(C)C)[nH]3)cc2)[nH]1. The van der Waals surface area contributed by atoms with E-state index in [1.807, 2.05) is 49.9 Å². The van der Waals surface area contributed by atoms with Gasteiger partial charge in [-0.2, -0.15) is 0 Å². The maximum absolute atomic E-state index is 13.6. The first-order valence-corrected chi connectivity index (χ1v) is 18.0. The van der Waals surface area contributed by atoms with E-state index in [-0.39, 0.29) is 35.7 Å². The molecule has 0 saturated carbocycles. The van der Waals surface area contributed by atoms with Gasteiger partial charge in [0.15, 0.2) is 0 Å². The molecule has 270 valence electrons. The van der Waals surface area contributed by atoms with Crippen molar-refractivity contribution in [3.63, 3.8) is 0 Å². The molecular weight excluding hydrogens is 642 g/mol. The van der Waals surface area contributed by atoms with E-state index in [4.69, 9.17) is 4.74 Å². The van der Waals surface area contributed by atoms with Crippen LogP contribution in [0.3, 0.4) is 0 Å². The summed E-state index contributed by atoms with van der Waals surface area (Å²) in [5.41, 5.74) is 2.37. The van der Waals surface area contributed by atoms with E-state index in [2.05, 4.69) is 62.8 Å². The Morgan fingerprint density at radius 1 is 0.765 bits per heavy atom. The van der Waals surface area contributed by atoms with E-state index in [0.29, 0.717) is 29.7 Å². The van der Waals surface area contributed by atoms with Crippen LogP contribution in [0.1, 0.15) is 127 Å². The lowest BCUT2D eigenvalue weighted by molar-refractivity contribution is -0.137. The summed E-state index contributed by atoms with van der Waals surface area (Å²) >= 11 is 0. The average Bonchev–Trinajstić information content (AvgIpc) is 3.90. The van der Waals surface area contributed by atoms with E-state index in [9.17, 15) is 14.4 Å². The van der Waals surface area contributed by atoms with Crippen LogP contribution in [0.25, 0.3) is 0 Å². The molecule has 0 bridgehead atoms. The summed E-state index contributed by atoms with van der Waals surface area (Å²) in [7, 11) is 0. The molecule has 2 aliphatic heterocycles. The van der Waals surface area contributed by atoms with Gasteiger partial charge in [-0.3, -0.25) is 9.59 Å². The van der Waals surface area contributed by atoms with E-state index < -0.39 is 17.7 Å². The Balaban J connectivity index is 1.20. The number of benzene rings is 1. The number of carbonyl (C=O) groups is 3. The molecule has 2 aliphatic rings. The Kier molecular flexibility index (Phi) is 11.6. The zero-order chi connectivity index (χ0) is 36.9. The normalized spacial score (nSPS) is 18.5. The Morgan fingerprint density at radius 2 is 1.24 bits per heavy atom. The van der Waals surface area contributed by atoms with Crippen LogP contribution in [0.15, 0.2) is 36.7 Å². The number of hydrogen-bond donors (Lipinski definition) is 3. The third-order valence-electron chi connectivity index (χ3n) is 9.46. The van der Waals surface area contributed by atoms with Crippen molar-refractivity contribution < 1.29 is 19.1 Å². The van der Waals surface area contributed by atoms with E-state index in [1.54, 1.807) is 38.1 Å². The minimum Gasteiger partial charge on any atom is -0.444 e. The summed E-state index contributed by atoms with van der Waals surface area (Å²) < 4.78 is 5.41. The highest BCUT2D eigenvalue weighted by Crippen LogP contribution is 2.33. The Labute approximate surface area is 301 Å². The molecule has 11 heteroatoms. The van der Waals surface area contributed by atoms with Gasteiger partial charge in [0.05, 0.1) is 24.5 Å². The van der Waals surface area contributed by atoms with Gasteiger partial charge in [-0.25, -0.2) is 14.8 Å². The van der Waals surface area contributed by atoms with Crippen LogP contribution in [0.4, 0.5) is 4.79 Å². The summed E-state index contributed by atoms with van der Waals surface area (Å²) in [6.45, 7) is 16.7. The van der Waals surface area contributed by atoms with Crippen LogP contribution in [0.2, 0.25) is 0 Å². The zero-order valence-electron chi connectivity index (χ0n) is 31.1. The maximum atomic E-state index is 13.6. The topological polar surface area (TPSA) is 136 Å². The van der Waals surface area contributed by atoms with Gasteiger partial charge in [-0.15, -0.1) is 0 Å². The van der Waals surface area contributed by atoms with E-state index >= 15 is 0 Å². The van der Waals surface area contributed by atoms with Crippen molar-refractivity contribution in [1.29, 1.82) is 0 Å². The number of imidazole rings is 2. The molecule has 5 rings (SSSR count). The molecular formula is C40H51N7O4. The number of amides is 3. The molecule has 4 heterocycles. The number of hydrogen-bond acceptors (Lipinski definition) is 6. The summed E-state index contributed by atoms with van der Waals surface area (Å²) in [5.74, 6) is 14.3. The fraction of sp³-hybridized carbons (Fsp3) is 0.525. The van der Waals surface area contributed by atoms with Crippen LogP contribution in [-0.4, -0.2) is 72.4 Å². The largest absolute Gasteiger partial charge is 0.444 e. The van der Waals surface area contributed by atoms with Crippen molar-refractivity contribution in [2.24, 2.45) is 17.8 Å². The number of ether oxygens (including phenoxy) is 1. The first kappa shape index (κ1) is 37.2. The molecule has 3 N–H and O–H groups in total. The number of rotatable bonds is 7. The predicted molar refractivity (Wildman–Crippen MR) is 195 cm³/mol. The van der Waals surface area contributed by atoms with Crippen LogP contribution < -0.4 is 5.32 Å². The first-order chi connectivity index (χ1) is 24.2. The molecule has 51 heavy (non-hydrogen) atoms. The standard InChI is InChI=1S/C40H51N7O4/c1-25(2)27(5)37(48)46-21-9-11-32(46)35-41-23-30(43-35)19-17-28-13-15-29(16-14-28)18-20-31-24-42-36(44-31)33-12-10-22-47(33)38(49)34(26(3)4)45-39(50)51-40(6,7)8/h13-16,23-27,32-34H,9-12,21-22H2,1-8H3,(H,41,43)(H,42,44)(H,45,50)/t27-,32+,33+,34-/m1/s1. The summed E-state index contributed by atoms with van der Waals surface area (Å²) in [4.78, 5) is 58.7. The molecule has 3 aromatic rings. The second-order valence-corrected chi connectivity index (χ2v) is 15.2. The first-order valence-electron chi connectivity index (χ1n) is 18.0. The van der Waals surface area contributed by atoms with Gasteiger partial charge in [-0.1, -0.05) is 46.5 Å². The minimum atomic E-state index is -0.711. The van der Waals surface area contributed by atoms with Gasteiger partial charge >= 0.3 is 6.09 Å². The number of likely N-dealkylation sites (tertiary alicyclic amines) is 2. The third-order valence-corrected chi connectivity index (χ3v) is 9.46. The number of H-pyrrole nitrogens is 2. The fourth-order valence-corrected chi connectivity index (χ4v) is 6.36. The van der Waals surface area contributed by atoms with Crippen LogP contribution in [0.5, 0.6) is 0 Å². The zero-order valence-corrected chi connectivity index (χ0v) is 31.1. The predicted octanol–water partition coefficient (Wildman–Crippen LogP) is 6.10. The molecule has 2 fully saturated rings. The molecule has 3 amide bonds. The van der Waals surface area contributed by atoms with Gasteiger partial charge in [-0.05, 0) is 94.4 Å². The van der Waals surface area contributed by atoms with Crippen LogP contribution in [0, 0.1) is 41.4 Å². The Bertz CT molecular complexity index is 1830. The van der Waals surface area contributed by atoms with Crippen LogP contribution >= 0.6 is 0 Å². The van der Waals surface area contributed by atoms with Crippen molar-refractivity contribution in [2.45, 2.75) is 105 Å². The van der Waals surface area contributed by atoms with E-state index in [1.165, 1.54) is 0 Å². The smallest absolute Gasteiger partial charge is 0.408 e. The highest BCUT2D eigenvalue weighted by Gasteiger charge is 2.38. The molecule has 2 aromatic heterocycles. The highest BCUT2D eigenvalue weighted by atomic mass is 16.6. The third kappa shape index (κ3) is 9.40. The highest BCUT2D eigenvalue weighted by molar-refractivity contribution is 5.86. The summed E-state index contributed by atoms with van der Waals surface area (Å²) in [6.07, 6.45) is 6.28. The van der Waals surface area contributed by atoms with Gasteiger partial charge in [0.25, 0.3) is 0 Å². The molecule has 11 nitrogen and oxygen atoms in total. The molecule has 0 aliphatic carbocycles. The summed E-state index contributed by atoms with van der Waals surface area (Å²) in [5, 5.41) is 2.78. The molecule has 0 radical (unpaired) electrons. The number of alkyl carbamates (subject to hydrolysis) is 1. The number of aromatic amines is 2. The number of nitrogens with one attached hydrogen (secondary N) is 3. The average molecular weight is 694 g/mol. The van der Waals surface area contributed by atoms with Crippen LogP contribution in [-0.2, 0) is 14.3 Å². The van der Waals surface area contributed by atoms with Crippen molar-refractivity contribution in [1.82, 2.24) is 35.1 Å². The second-order valence-electron chi connectivity index (χ2n) is 15.2. The molecule has 2 saturated heterocycles. The molecule has 0 unspecified atom stereocenters. The minimum absolute atomic E-state index is 0.0234. The van der Waals surface area contributed by atoms with Crippen molar-refractivity contribution in [3.8, 4) is 23.7 Å². The summed E-state index contributed by atoms with van der Waals surface area (Å²) in [6, 6.07) is 6.72. The maximum Gasteiger partial charge on any atom is 0.408 e. The lowest BCUT2D eigenvalue weighted by atomic mass is 9.96. The Hall–Kier alpha value is -5.03. The lowest BCUT2D eigenvalue weighted by Gasteiger charge is -2.31. The number of aromatic nitrogens is 4. The van der Waals surface area contributed by atoms with Gasteiger partial charge in [0.2, 0.25) is 11.8 Å². The molecule has 0 spiro atoms. The van der Waals surface area contributed by atoms with Crippen molar-refractivity contribution >= 4 is 17.9 Å². The van der Waals surface area contributed by atoms with Crippen molar-refractivity contribution in [3.05, 3.63) is 70.8 Å². The fourth-order valence-electron chi connectivity index (χ4n) is 6.36. The number of nitrogens with zero attached hydrogens (tertiary/aromatic N) is 4. The molecule has 1 aromatic carbocycles. The number of carbonyl (C=O) groups excluding carboxylic acids is 3. The quantitative estimate of drug-likeness (QED) is 0.256. The Morgan fingerprint density at radius 3 is 1.67 bits per heavy atom. The monoisotopic (exact) mass is 693 g/mol. The van der Waals surface area contributed by atoms with Gasteiger partial charge in [0, 0.05) is 30.1 Å².